The molecule has 1 aliphatic carbocycles. The standard InChI is InChI=1S/C15H15FN2OS/c16-11-5-4-9(8-12(11)17)15(19)18-13-2-1-3-14-10(13)6-7-20-14/h4-8,13H,1-3,17H2,(H,18,19). The summed E-state index contributed by atoms with van der Waals surface area (Å²) in [5, 5.41) is 5.07. The van der Waals surface area contributed by atoms with Gasteiger partial charge in [0, 0.05) is 10.4 Å². The second-order valence-electron chi connectivity index (χ2n) is 4.95. The first-order valence-electron chi connectivity index (χ1n) is 6.57. The van der Waals surface area contributed by atoms with Crippen LogP contribution in [-0.2, 0) is 6.42 Å². The average molecular weight is 290 g/mol. The summed E-state index contributed by atoms with van der Waals surface area (Å²) in [4.78, 5) is 13.6. The number of hydrogen-bond acceptors (Lipinski definition) is 3. The first kappa shape index (κ1) is 13.1. The number of hydrogen-bond donors (Lipinski definition) is 2. The van der Waals surface area contributed by atoms with E-state index in [2.05, 4.69) is 16.8 Å². The number of fused-ring (bicyclic) bond motifs is 1. The molecule has 1 amide bonds. The Morgan fingerprint density at radius 2 is 2.25 bits per heavy atom. The van der Waals surface area contributed by atoms with Crippen LogP contribution in [0.25, 0.3) is 0 Å². The molecule has 1 aromatic heterocycles. The third-order valence-corrected chi connectivity index (χ3v) is 4.61. The number of rotatable bonds is 2. The molecule has 0 spiro atoms. The number of thiophene rings is 1. The molecule has 5 heteroatoms. The van der Waals surface area contributed by atoms with Crippen LogP contribution in [0.3, 0.4) is 0 Å². The largest absolute Gasteiger partial charge is 0.396 e. The van der Waals surface area contributed by atoms with E-state index in [1.54, 1.807) is 11.3 Å². The molecule has 0 aliphatic heterocycles. The van der Waals surface area contributed by atoms with Crippen molar-refractivity contribution in [1.82, 2.24) is 5.32 Å². The van der Waals surface area contributed by atoms with E-state index >= 15 is 0 Å². The van der Waals surface area contributed by atoms with Crippen LogP contribution in [0.4, 0.5) is 10.1 Å². The Balaban J connectivity index is 1.79. The predicted molar refractivity (Wildman–Crippen MR) is 78.3 cm³/mol. The van der Waals surface area contributed by atoms with Crippen LogP contribution in [0.15, 0.2) is 29.6 Å². The fourth-order valence-corrected chi connectivity index (χ4v) is 3.55. The molecule has 1 aliphatic rings. The monoisotopic (exact) mass is 290 g/mol. The molecular weight excluding hydrogens is 275 g/mol. The van der Waals surface area contributed by atoms with Crippen molar-refractivity contribution < 1.29 is 9.18 Å². The van der Waals surface area contributed by atoms with Crippen LogP contribution in [0, 0.1) is 5.82 Å². The Hall–Kier alpha value is -1.88. The van der Waals surface area contributed by atoms with Gasteiger partial charge in [0.15, 0.2) is 0 Å². The lowest BCUT2D eigenvalue weighted by Crippen LogP contribution is -2.30. The van der Waals surface area contributed by atoms with Gasteiger partial charge in [-0.05, 0) is 54.5 Å². The Bertz CT molecular complexity index is 653. The van der Waals surface area contributed by atoms with Crippen LogP contribution < -0.4 is 11.1 Å². The van der Waals surface area contributed by atoms with Crippen molar-refractivity contribution in [2.45, 2.75) is 25.3 Å². The summed E-state index contributed by atoms with van der Waals surface area (Å²) in [6, 6.07) is 6.17. The second kappa shape index (κ2) is 5.25. The molecule has 0 saturated carbocycles. The summed E-state index contributed by atoms with van der Waals surface area (Å²) >= 11 is 1.74. The quantitative estimate of drug-likeness (QED) is 0.834. The minimum absolute atomic E-state index is 0.00230. The zero-order valence-corrected chi connectivity index (χ0v) is 11.7. The maximum Gasteiger partial charge on any atom is 0.251 e. The smallest absolute Gasteiger partial charge is 0.251 e. The highest BCUT2D eigenvalue weighted by atomic mass is 32.1. The van der Waals surface area contributed by atoms with E-state index < -0.39 is 5.82 Å². The van der Waals surface area contributed by atoms with Gasteiger partial charge in [0.1, 0.15) is 5.82 Å². The summed E-state index contributed by atoms with van der Waals surface area (Å²) in [6.45, 7) is 0. The average Bonchev–Trinajstić information content (AvgIpc) is 2.91. The number of benzene rings is 1. The highest BCUT2D eigenvalue weighted by Gasteiger charge is 2.23. The molecule has 0 fully saturated rings. The van der Waals surface area contributed by atoms with Gasteiger partial charge < -0.3 is 11.1 Å². The fourth-order valence-electron chi connectivity index (χ4n) is 2.56. The van der Waals surface area contributed by atoms with Crippen molar-refractivity contribution in [3.05, 3.63) is 51.5 Å². The zero-order chi connectivity index (χ0) is 14.1. The molecular formula is C15H15FN2OS. The zero-order valence-electron chi connectivity index (χ0n) is 10.9. The molecule has 1 atom stereocenters. The van der Waals surface area contributed by atoms with Crippen LogP contribution in [0.1, 0.15) is 39.7 Å². The number of carbonyl (C=O) groups is 1. The summed E-state index contributed by atoms with van der Waals surface area (Å²) in [5.74, 6) is -0.708. The van der Waals surface area contributed by atoms with Gasteiger partial charge in [-0.2, -0.15) is 0 Å². The summed E-state index contributed by atoms with van der Waals surface area (Å²) in [5.41, 5.74) is 7.10. The third kappa shape index (κ3) is 2.41. The lowest BCUT2D eigenvalue weighted by Gasteiger charge is -2.23. The van der Waals surface area contributed by atoms with E-state index in [1.807, 2.05) is 0 Å². The van der Waals surface area contributed by atoms with Crippen LogP contribution in [-0.4, -0.2) is 5.91 Å². The predicted octanol–water partition coefficient (Wildman–Crippen LogP) is 3.28. The summed E-state index contributed by atoms with van der Waals surface area (Å²) < 4.78 is 13.1. The van der Waals surface area contributed by atoms with Gasteiger partial charge in [0.05, 0.1) is 11.7 Å². The van der Waals surface area contributed by atoms with E-state index in [4.69, 9.17) is 5.73 Å². The molecule has 3 nitrogen and oxygen atoms in total. The van der Waals surface area contributed by atoms with Gasteiger partial charge >= 0.3 is 0 Å². The van der Waals surface area contributed by atoms with Gasteiger partial charge in [0.25, 0.3) is 5.91 Å². The normalized spacial score (nSPS) is 17.6. The number of aryl methyl sites for hydroxylation is 1. The van der Waals surface area contributed by atoms with Gasteiger partial charge in [0.2, 0.25) is 0 Å². The number of nitrogen functional groups attached to an aromatic ring is 1. The maximum absolute atomic E-state index is 13.1. The maximum atomic E-state index is 13.1. The molecule has 2 aromatic rings. The topological polar surface area (TPSA) is 55.1 Å². The first-order valence-corrected chi connectivity index (χ1v) is 7.45. The van der Waals surface area contributed by atoms with E-state index in [9.17, 15) is 9.18 Å². The Morgan fingerprint density at radius 3 is 3.05 bits per heavy atom. The molecule has 0 saturated heterocycles. The Morgan fingerprint density at radius 1 is 1.40 bits per heavy atom. The molecule has 3 rings (SSSR count). The first-order chi connectivity index (χ1) is 9.65. The number of nitrogens with two attached hydrogens (primary N) is 1. The van der Waals surface area contributed by atoms with Gasteiger partial charge in [-0.1, -0.05) is 0 Å². The van der Waals surface area contributed by atoms with Crippen molar-refractivity contribution in [1.29, 1.82) is 0 Å². The molecule has 1 aromatic carbocycles. The molecule has 0 bridgehead atoms. The van der Waals surface area contributed by atoms with Crippen molar-refractivity contribution in [2.24, 2.45) is 0 Å². The molecule has 0 radical (unpaired) electrons. The SMILES string of the molecule is Nc1cc(C(=O)NC2CCCc3sccc32)ccc1F. The van der Waals surface area contributed by atoms with E-state index in [0.29, 0.717) is 5.56 Å². The minimum Gasteiger partial charge on any atom is -0.396 e. The number of nitrogens with one attached hydrogen (secondary N) is 1. The number of halogens is 1. The summed E-state index contributed by atoms with van der Waals surface area (Å²) in [7, 11) is 0. The van der Waals surface area contributed by atoms with Crippen molar-refractivity contribution >= 4 is 22.9 Å². The number of amides is 1. The fraction of sp³-hybridized carbons (Fsp3) is 0.267. The van der Waals surface area contributed by atoms with Crippen molar-refractivity contribution in [3.63, 3.8) is 0 Å². The van der Waals surface area contributed by atoms with Crippen LogP contribution in [0.5, 0.6) is 0 Å². The Kier molecular flexibility index (Phi) is 3.44. The van der Waals surface area contributed by atoms with Gasteiger partial charge in [-0.25, -0.2) is 4.39 Å². The highest BCUT2D eigenvalue weighted by molar-refractivity contribution is 7.10. The molecule has 1 unspecified atom stereocenters. The number of anilines is 1. The van der Waals surface area contributed by atoms with Crippen molar-refractivity contribution in [3.8, 4) is 0 Å². The highest BCUT2D eigenvalue weighted by Crippen LogP contribution is 2.33. The number of carbonyl (C=O) groups excluding carboxylic acids is 1. The van der Waals surface area contributed by atoms with E-state index in [0.717, 1.165) is 19.3 Å². The second-order valence-corrected chi connectivity index (χ2v) is 5.95. The molecule has 104 valence electrons. The van der Waals surface area contributed by atoms with Crippen molar-refractivity contribution in [2.75, 3.05) is 5.73 Å². The molecule has 20 heavy (non-hydrogen) atoms. The molecule has 1 heterocycles. The van der Waals surface area contributed by atoms with Crippen LogP contribution in [0.2, 0.25) is 0 Å². The van der Waals surface area contributed by atoms with E-state index in [1.165, 1.54) is 28.6 Å². The molecule has 3 N–H and O–H groups in total. The Labute approximate surface area is 120 Å². The lowest BCUT2D eigenvalue weighted by molar-refractivity contribution is 0.0933. The summed E-state index contributed by atoms with van der Waals surface area (Å²) in [6.07, 6.45) is 3.10. The lowest BCUT2D eigenvalue weighted by atomic mass is 9.94. The van der Waals surface area contributed by atoms with Gasteiger partial charge in [-0.3, -0.25) is 4.79 Å². The van der Waals surface area contributed by atoms with E-state index in [-0.39, 0.29) is 17.6 Å². The minimum atomic E-state index is -0.501. The van der Waals surface area contributed by atoms with Crippen LogP contribution >= 0.6 is 11.3 Å². The van der Waals surface area contributed by atoms with Gasteiger partial charge in [-0.15, -0.1) is 11.3 Å². The third-order valence-electron chi connectivity index (χ3n) is 3.62.